The predicted octanol–water partition coefficient (Wildman–Crippen LogP) is 2.26. The third kappa shape index (κ3) is 3.79. The maximum Gasteiger partial charge on any atom is 0.225 e. The van der Waals surface area contributed by atoms with Gasteiger partial charge in [0.1, 0.15) is 5.65 Å². The second-order valence-corrected chi connectivity index (χ2v) is 9.10. The summed E-state index contributed by atoms with van der Waals surface area (Å²) < 4.78 is 1.76. The van der Waals surface area contributed by atoms with Gasteiger partial charge in [-0.1, -0.05) is 0 Å². The summed E-state index contributed by atoms with van der Waals surface area (Å²) in [5.41, 5.74) is 3.08. The molecule has 8 nitrogen and oxygen atoms in total. The fourth-order valence-corrected chi connectivity index (χ4v) is 4.19. The van der Waals surface area contributed by atoms with Crippen molar-refractivity contribution in [3.63, 3.8) is 0 Å². The molecule has 0 unspecified atom stereocenters. The number of carbonyl (C=O) groups excluding carboxylic acids is 1. The van der Waals surface area contributed by atoms with Crippen LogP contribution in [0.3, 0.4) is 0 Å². The molecule has 158 valence electrons. The molecule has 0 atom stereocenters. The molecule has 0 bridgehead atoms. The molecule has 1 saturated heterocycles. The van der Waals surface area contributed by atoms with Crippen LogP contribution in [0.5, 0.6) is 0 Å². The Morgan fingerprint density at radius 2 is 2.03 bits per heavy atom. The quantitative estimate of drug-likeness (QED) is 0.676. The SMILES string of the molecule is CC(C)(O)Cn1cc(-c2cc3c(N4CCN(C(=O)C5CC5)CC4)ccnc3[nH]2)cn1. The summed E-state index contributed by atoms with van der Waals surface area (Å²) in [6.07, 6.45) is 7.69. The van der Waals surface area contributed by atoms with Gasteiger partial charge in [0.05, 0.1) is 24.0 Å². The van der Waals surface area contributed by atoms with E-state index in [2.05, 4.69) is 32.1 Å². The zero-order valence-corrected chi connectivity index (χ0v) is 17.5. The van der Waals surface area contributed by atoms with E-state index in [-0.39, 0.29) is 5.92 Å². The Morgan fingerprint density at radius 1 is 1.27 bits per heavy atom. The number of aliphatic hydroxyl groups is 1. The van der Waals surface area contributed by atoms with E-state index in [1.807, 2.05) is 17.3 Å². The second-order valence-electron chi connectivity index (χ2n) is 9.10. The number of aromatic nitrogens is 4. The van der Waals surface area contributed by atoms with E-state index in [1.165, 1.54) is 0 Å². The average Bonchev–Trinajstić information content (AvgIpc) is 3.31. The fraction of sp³-hybridized carbons (Fsp3) is 0.500. The number of hydrogen-bond acceptors (Lipinski definition) is 5. The normalized spacial score (nSPS) is 17.7. The van der Waals surface area contributed by atoms with Crippen molar-refractivity contribution in [2.24, 2.45) is 5.92 Å². The van der Waals surface area contributed by atoms with Gasteiger partial charge in [0, 0.05) is 61.1 Å². The number of nitrogens with zero attached hydrogens (tertiary/aromatic N) is 5. The highest BCUT2D eigenvalue weighted by Gasteiger charge is 2.34. The number of rotatable bonds is 5. The van der Waals surface area contributed by atoms with Gasteiger partial charge in [-0.3, -0.25) is 9.48 Å². The maximum absolute atomic E-state index is 12.3. The summed E-state index contributed by atoms with van der Waals surface area (Å²) in [4.78, 5) is 24.6. The van der Waals surface area contributed by atoms with E-state index in [1.54, 1.807) is 24.7 Å². The molecule has 1 saturated carbocycles. The Balaban J connectivity index is 1.36. The molecule has 1 amide bonds. The van der Waals surface area contributed by atoms with Crippen molar-refractivity contribution >= 4 is 22.6 Å². The largest absolute Gasteiger partial charge is 0.389 e. The van der Waals surface area contributed by atoms with Crippen LogP contribution in [0.25, 0.3) is 22.3 Å². The zero-order chi connectivity index (χ0) is 20.9. The first kappa shape index (κ1) is 19.1. The maximum atomic E-state index is 12.3. The monoisotopic (exact) mass is 408 g/mol. The second kappa shape index (κ2) is 7.12. The van der Waals surface area contributed by atoms with Crippen LogP contribution in [0.1, 0.15) is 26.7 Å². The summed E-state index contributed by atoms with van der Waals surface area (Å²) in [5.74, 6) is 0.621. The Bertz CT molecular complexity index is 1070. The number of pyridine rings is 1. The Morgan fingerprint density at radius 3 is 2.73 bits per heavy atom. The lowest BCUT2D eigenvalue weighted by atomic mass is 10.1. The minimum absolute atomic E-state index is 0.286. The highest BCUT2D eigenvalue weighted by molar-refractivity contribution is 5.94. The summed E-state index contributed by atoms with van der Waals surface area (Å²) in [6.45, 7) is 7.20. The Hall–Kier alpha value is -2.87. The minimum atomic E-state index is -0.818. The third-order valence-corrected chi connectivity index (χ3v) is 5.86. The summed E-state index contributed by atoms with van der Waals surface area (Å²) in [7, 11) is 0. The molecular formula is C22H28N6O2. The average molecular weight is 409 g/mol. The Kier molecular flexibility index (Phi) is 4.54. The molecule has 2 N–H and O–H groups in total. The molecule has 5 rings (SSSR count). The molecule has 0 spiro atoms. The van der Waals surface area contributed by atoms with Gasteiger partial charge in [-0.05, 0) is 38.8 Å². The molecule has 3 aromatic rings. The lowest BCUT2D eigenvalue weighted by molar-refractivity contribution is -0.132. The molecule has 3 aromatic heterocycles. The van der Waals surface area contributed by atoms with Gasteiger partial charge in [-0.15, -0.1) is 0 Å². The van der Waals surface area contributed by atoms with Crippen LogP contribution in [-0.4, -0.2) is 67.4 Å². The molecule has 8 heteroatoms. The molecule has 1 aliphatic carbocycles. The van der Waals surface area contributed by atoms with Crippen LogP contribution in [0, 0.1) is 5.92 Å². The van der Waals surface area contributed by atoms with Crippen LogP contribution in [-0.2, 0) is 11.3 Å². The number of nitrogens with one attached hydrogen (secondary N) is 1. The number of fused-ring (bicyclic) bond motifs is 1. The van der Waals surface area contributed by atoms with E-state index >= 15 is 0 Å². The number of anilines is 1. The summed E-state index contributed by atoms with van der Waals surface area (Å²) >= 11 is 0. The number of carbonyl (C=O) groups is 1. The van der Waals surface area contributed by atoms with E-state index in [4.69, 9.17) is 0 Å². The molecule has 0 aromatic carbocycles. The smallest absolute Gasteiger partial charge is 0.225 e. The van der Waals surface area contributed by atoms with Gasteiger partial charge in [0.2, 0.25) is 5.91 Å². The number of aromatic amines is 1. The van der Waals surface area contributed by atoms with Crippen molar-refractivity contribution in [1.29, 1.82) is 0 Å². The molecule has 30 heavy (non-hydrogen) atoms. The number of hydrogen-bond donors (Lipinski definition) is 2. The van der Waals surface area contributed by atoms with Gasteiger partial charge in [0.15, 0.2) is 0 Å². The highest BCUT2D eigenvalue weighted by Crippen LogP contribution is 2.33. The van der Waals surface area contributed by atoms with Crippen molar-refractivity contribution in [2.75, 3.05) is 31.1 Å². The number of H-pyrrole nitrogens is 1. The predicted molar refractivity (Wildman–Crippen MR) is 115 cm³/mol. The van der Waals surface area contributed by atoms with Gasteiger partial charge in [0.25, 0.3) is 0 Å². The first-order valence-electron chi connectivity index (χ1n) is 10.6. The molecule has 2 aliphatic rings. The zero-order valence-electron chi connectivity index (χ0n) is 17.5. The first-order chi connectivity index (χ1) is 14.4. The van der Waals surface area contributed by atoms with Crippen molar-refractivity contribution in [3.05, 3.63) is 30.7 Å². The van der Waals surface area contributed by atoms with Crippen LogP contribution < -0.4 is 4.90 Å². The van der Waals surface area contributed by atoms with Crippen LogP contribution in [0.2, 0.25) is 0 Å². The third-order valence-electron chi connectivity index (χ3n) is 5.86. The van der Waals surface area contributed by atoms with Gasteiger partial charge >= 0.3 is 0 Å². The van der Waals surface area contributed by atoms with Crippen molar-refractivity contribution in [2.45, 2.75) is 38.8 Å². The van der Waals surface area contributed by atoms with Gasteiger partial charge < -0.3 is 19.9 Å². The summed E-state index contributed by atoms with van der Waals surface area (Å²) in [5, 5.41) is 15.5. The van der Waals surface area contributed by atoms with Gasteiger partial charge in [-0.2, -0.15) is 5.10 Å². The molecule has 4 heterocycles. The van der Waals surface area contributed by atoms with Crippen molar-refractivity contribution < 1.29 is 9.90 Å². The van der Waals surface area contributed by atoms with Crippen molar-refractivity contribution in [1.82, 2.24) is 24.6 Å². The standard InChI is InChI=1S/C22H28N6O2/c1-22(2,30)14-28-13-16(12-24-28)18-11-17-19(5-6-23-20(17)25-18)26-7-9-27(10-8-26)21(29)15-3-4-15/h5-6,11-13,15,30H,3-4,7-10,14H2,1-2H3,(H,23,25). The number of piperazine rings is 1. The molecule has 0 radical (unpaired) electrons. The summed E-state index contributed by atoms with van der Waals surface area (Å²) in [6, 6.07) is 4.17. The van der Waals surface area contributed by atoms with E-state index < -0.39 is 5.60 Å². The lowest BCUT2D eigenvalue weighted by Gasteiger charge is -2.36. The molecular weight excluding hydrogens is 380 g/mol. The van der Waals surface area contributed by atoms with Crippen LogP contribution >= 0.6 is 0 Å². The van der Waals surface area contributed by atoms with E-state index in [9.17, 15) is 9.90 Å². The van der Waals surface area contributed by atoms with Crippen LogP contribution in [0.15, 0.2) is 30.7 Å². The number of amides is 1. The lowest BCUT2D eigenvalue weighted by Crippen LogP contribution is -2.49. The van der Waals surface area contributed by atoms with E-state index in [0.717, 1.165) is 67.0 Å². The topological polar surface area (TPSA) is 90.3 Å². The minimum Gasteiger partial charge on any atom is -0.389 e. The van der Waals surface area contributed by atoms with E-state index in [0.29, 0.717) is 12.5 Å². The van der Waals surface area contributed by atoms with Gasteiger partial charge in [-0.25, -0.2) is 4.98 Å². The fourth-order valence-electron chi connectivity index (χ4n) is 4.19. The van der Waals surface area contributed by atoms with Crippen LogP contribution in [0.4, 0.5) is 5.69 Å². The first-order valence-corrected chi connectivity index (χ1v) is 10.6. The van der Waals surface area contributed by atoms with Crippen molar-refractivity contribution in [3.8, 4) is 11.3 Å². The highest BCUT2D eigenvalue weighted by atomic mass is 16.3. The Labute approximate surface area is 175 Å². The molecule has 2 fully saturated rings. The molecule has 1 aliphatic heterocycles.